The zero-order chi connectivity index (χ0) is 34.6. The number of nitrogens with one attached hydrogen (secondary N) is 1. The Hall–Kier alpha value is -4.58. The van der Waals surface area contributed by atoms with Crippen molar-refractivity contribution in [2.75, 3.05) is 38.4 Å². The van der Waals surface area contributed by atoms with E-state index in [4.69, 9.17) is 24.0 Å². The van der Waals surface area contributed by atoms with Crippen LogP contribution in [0.3, 0.4) is 0 Å². The monoisotopic (exact) mass is 694 g/mol. The number of fused-ring (bicyclic) bond motifs is 2. The zero-order valence-corrected chi connectivity index (χ0v) is 29.1. The standard InChI is InChI=1S/C37H46N10O4/c1-25(18-45-24-39-23-42-45)51-35-14-27(2-3-28(35)15-38)29-16-40-37(41-17-29)43-34-19-46(44-36(34)50-20-26-10-12-48-13-11-26)30-4-6-31(7-5-30)47-32-8-9-33(47)22-49-21-32/h2-3,14,16-17,19,23-26,30-33H,4-13,18,20-22H2,1H3,(H,40,41,43)/t25?,30?,31?,32-,33+. The molecule has 0 radical (unpaired) electrons. The fourth-order valence-corrected chi connectivity index (χ4v) is 8.14. The van der Waals surface area contributed by atoms with Crippen molar-refractivity contribution in [2.24, 2.45) is 5.92 Å². The number of ether oxygens (including phenoxy) is 4. The Morgan fingerprint density at radius 3 is 2.41 bits per heavy atom. The van der Waals surface area contributed by atoms with Gasteiger partial charge in [0.05, 0.1) is 44.2 Å². The number of hydrogen-bond acceptors (Lipinski definition) is 12. The van der Waals surface area contributed by atoms with Crippen LogP contribution < -0.4 is 14.8 Å². The largest absolute Gasteiger partial charge is 0.487 e. The molecule has 51 heavy (non-hydrogen) atoms. The normalized spacial score (nSPS) is 24.5. The van der Waals surface area contributed by atoms with E-state index >= 15 is 0 Å². The van der Waals surface area contributed by atoms with Crippen LogP contribution in [0.15, 0.2) is 49.4 Å². The molecule has 1 aromatic carbocycles. The van der Waals surface area contributed by atoms with Crippen molar-refractivity contribution in [3.63, 3.8) is 0 Å². The lowest BCUT2D eigenvalue weighted by atomic mass is 9.89. The molecular formula is C37H46N10O4. The first-order valence-corrected chi connectivity index (χ1v) is 18.4. The minimum atomic E-state index is -0.226. The van der Waals surface area contributed by atoms with Crippen LogP contribution in [0.25, 0.3) is 11.1 Å². The van der Waals surface area contributed by atoms with Gasteiger partial charge in [-0.15, -0.1) is 5.10 Å². The van der Waals surface area contributed by atoms with Crippen LogP contribution in [0.2, 0.25) is 0 Å². The number of benzene rings is 1. The predicted octanol–water partition coefficient (Wildman–Crippen LogP) is 5.17. The third-order valence-corrected chi connectivity index (χ3v) is 10.8. The van der Waals surface area contributed by atoms with Crippen LogP contribution in [0.1, 0.15) is 69.9 Å². The Balaban J connectivity index is 0.956. The molecule has 3 atom stereocenters. The van der Waals surface area contributed by atoms with Gasteiger partial charge in [0.25, 0.3) is 5.88 Å². The molecule has 8 rings (SSSR count). The van der Waals surface area contributed by atoms with E-state index in [0.717, 1.165) is 68.9 Å². The second kappa shape index (κ2) is 15.3. The zero-order valence-electron chi connectivity index (χ0n) is 29.1. The van der Waals surface area contributed by atoms with Gasteiger partial charge in [0, 0.05) is 49.3 Å². The molecule has 1 saturated carbocycles. The molecular weight excluding hydrogens is 648 g/mol. The van der Waals surface area contributed by atoms with Crippen LogP contribution in [0.4, 0.5) is 11.6 Å². The fraction of sp³-hybridized carbons (Fsp3) is 0.568. The van der Waals surface area contributed by atoms with Crippen LogP contribution in [0, 0.1) is 17.2 Å². The first kappa shape index (κ1) is 33.6. The Labute approximate surface area is 298 Å². The number of morpholine rings is 1. The van der Waals surface area contributed by atoms with Gasteiger partial charge in [0.15, 0.2) is 0 Å². The van der Waals surface area contributed by atoms with Gasteiger partial charge in [-0.2, -0.15) is 10.4 Å². The molecule has 4 fully saturated rings. The van der Waals surface area contributed by atoms with Crippen molar-refractivity contribution in [3.05, 3.63) is 55.0 Å². The Morgan fingerprint density at radius 1 is 0.941 bits per heavy atom. The van der Waals surface area contributed by atoms with Gasteiger partial charge in [-0.1, -0.05) is 6.07 Å². The lowest BCUT2D eigenvalue weighted by Crippen LogP contribution is -2.52. The van der Waals surface area contributed by atoms with Gasteiger partial charge in [0.2, 0.25) is 5.95 Å². The molecule has 1 N–H and O–H groups in total. The number of nitrogens with zero attached hydrogens (tertiary/aromatic N) is 9. The lowest BCUT2D eigenvalue weighted by Gasteiger charge is -2.43. The number of rotatable bonds is 12. The second-order valence-corrected chi connectivity index (χ2v) is 14.3. The maximum absolute atomic E-state index is 9.71. The second-order valence-electron chi connectivity index (χ2n) is 14.3. The van der Waals surface area contributed by atoms with Crippen LogP contribution in [0.5, 0.6) is 11.6 Å². The van der Waals surface area contributed by atoms with Gasteiger partial charge in [0.1, 0.15) is 36.3 Å². The Kier molecular flexibility index (Phi) is 10.1. The highest BCUT2D eigenvalue weighted by atomic mass is 16.5. The highest BCUT2D eigenvalue weighted by Crippen LogP contribution is 2.40. The Morgan fingerprint density at radius 2 is 1.69 bits per heavy atom. The number of nitriles is 1. The van der Waals surface area contributed by atoms with Crippen molar-refractivity contribution in [3.8, 4) is 28.8 Å². The van der Waals surface area contributed by atoms with Crippen molar-refractivity contribution >= 4 is 11.6 Å². The first-order chi connectivity index (χ1) is 25.1. The van der Waals surface area contributed by atoms with Crippen molar-refractivity contribution in [1.82, 2.24) is 39.4 Å². The summed E-state index contributed by atoms with van der Waals surface area (Å²) in [5.41, 5.74) is 2.86. The maximum atomic E-state index is 9.71. The molecule has 2 bridgehead atoms. The Bertz CT molecular complexity index is 1760. The molecule has 14 nitrogen and oxygen atoms in total. The van der Waals surface area contributed by atoms with Crippen LogP contribution in [-0.2, 0) is 16.0 Å². The summed E-state index contributed by atoms with van der Waals surface area (Å²) in [5.74, 6) is 1.97. The van der Waals surface area contributed by atoms with E-state index in [0.29, 0.717) is 66.4 Å². The van der Waals surface area contributed by atoms with Gasteiger partial charge >= 0.3 is 0 Å². The minimum Gasteiger partial charge on any atom is -0.487 e. The summed E-state index contributed by atoms with van der Waals surface area (Å²) in [6.07, 6.45) is 17.5. The maximum Gasteiger partial charge on any atom is 0.256 e. The molecule has 1 aliphatic carbocycles. The van der Waals surface area contributed by atoms with E-state index < -0.39 is 0 Å². The first-order valence-electron chi connectivity index (χ1n) is 18.4. The fourth-order valence-electron chi connectivity index (χ4n) is 8.14. The molecule has 4 aromatic rings. The molecule has 14 heteroatoms. The lowest BCUT2D eigenvalue weighted by molar-refractivity contribution is -0.0458. The molecule has 268 valence electrons. The number of aromatic nitrogens is 7. The van der Waals surface area contributed by atoms with Gasteiger partial charge in [-0.3, -0.25) is 9.58 Å². The predicted molar refractivity (Wildman–Crippen MR) is 188 cm³/mol. The van der Waals surface area contributed by atoms with E-state index in [1.807, 2.05) is 19.1 Å². The summed E-state index contributed by atoms with van der Waals surface area (Å²) < 4.78 is 27.8. The molecule has 0 spiro atoms. The summed E-state index contributed by atoms with van der Waals surface area (Å²) in [4.78, 5) is 16.1. The molecule has 3 aromatic heterocycles. The van der Waals surface area contributed by atoms with Gasteiger partial charge in [-0.05, 0) is 81.9 Å². The molecule has 0 amide bonds. The van der Waals surface area contributed by atoms with Crippen molar-refractivity contribution < 1.29 is 18.9 Å². The molecule has 6 heterocycles. The van der Waals surface area contributed by atoms with E-state index in [-0.39, 0.29) is 6.10 Å². The summed E-state index contributed by atoms with van der Waals surface area (Å²) in [6, 6.07) is 9.85. The van der Waals surface area contributed by atoms with Crippen LogP contribution >= 0.6 is 0 Å². The third-order valence-electron chi connectivity index (χ3n) is 10.8. The molecule has 4 aliphatic rings. The van der Waals surface area contributed by atoms with Gasteiger partial charge < -0.3 is 24.3 Å². The van der Waals surface area contributed by atoms with Crippen LogP contribution in [-0.4, -0.2) is 96.7 Å². The summed E-state index contributed by atoms with van der Waals surface area (Å²) in [5, 5.41) is 22.3. The van der Waals surface area contributed by atoms with E-state index in [1.165, 1.54) is 32.0 Å². The smallest absolute Gasteiger partial charge is 0.256 e. The average Bonchev–Trinajstić information content (AvgIpc) is 3.89. The summed E-state index contributed by atoms with van der Waals surface area (Å²) in [6.45, 7) is 6.36. The third kappa shape index (κ3) is 7.71. The SMILES string of the molecule is CC(Cn1cncn1)Oc1cc(-c2cnc(Nc3cn(C4CCC(N5[C@@H]6CC[C@H]5COC6)CC4)nc3OCC3CCOCC3)nc2)ccc1C#N. The topological polar surface area (TPSA) is 150 Å². The summed E-state index contributed by atoms with van der Waals surface area (Å²) in [7, 11) is 0. The van der Waals surface area contributed by atoms with E-state index in [9.17, 15) is 5.26 Å². The van der Waals surface area contributed by atoms with Gasteiger partial charge in [-0.25, -0.2) is 19.6 Å². The number of anilines is 2. The highest BCUT2D eigenvalue weighted by molar-refractivity contribution is 5.67. The highest BCUT2D eigenvalue weighted by Gasteiger charge is 2.42. The molecule has 3 aliphatic heterocycles. The van der Waals surface area contributed by atoms with E-state index in [2.05, 4.69) is 47.2 Å². The van der Waals surface area contributed by atoms with E-state index in [1.54, 1.807) is 29.5 Å². The van der Waals surface area contributed by atoms with Crippen molar-refractivity contribution in [2.45, 2.75) is 95.1 Å². The average molecular weight is 695 g/mol. The number of hydrogen-bond donors (Lipinski definition) is 1. The minimum absolute atomic E-state index is 0.226. The summed E-state index contributed by atoms with van der Waals surface area (Å²) >= 11 is 0. The quantitative estimate of drug-likeness (QED) is 0.209. The van der Waals surface area contributed by atoms with Crippen molar-refractivity contribution in [1.29, 1.82) is 5.26 Å². The molecule has 3 saturated heterocycles. The molecule has 1 unspecified atom stereocenters.